The molecule has 1 atom stereocenters. The molecule has 31 heavy (non-hydrogen) atoms. The van der Waals surface area contributed by atoms with Crippen LogP contribution < -0.4 is 20.4 Å². The third-order valence-electron chi connectivity index (χ3n) is 6.07. The highest BCUT2D eigenvalue weighted by atomic mass is 15.3. The second kappa shape index (κ2) is 10.5. The number of aromatic nitrogens is 1. The zero-order chi connectivity index (χ0) is 21.5. The molecule has 1 unspecified atom stereocenters. The maximum absolute atomic E-state index is 4.91. The molecule has 3 heterocycles. The monoisotopic (exact) mass is 421 g/mol. The second-order valence-corrected chi connectivity index (χ2v) is 8.38. The molecule has 1 aromatic carbocycles. The summed E-state index contributed by atoms with van der Waals surface area (Å²) in [6.45, 7) is 9.82. The Morgan fingerprint density at radius 2 is 1.84 bits per heavy atom. The number of anilines is 2. The highest BCUT2D eigenvalue weighted by molar-refractivity contribution is 5.80. The predicted octanol–water partition coefficient (Wildman–Crippen LogP) is 2.17. The largest absolute Gasteiger partial charge is 0.369 e. The number of hydrogen-bond acceptors (Lipinski definition) is 5. The maximum atomic E-state index is 4.91. The number of guanidine groups is 1. The number of rotatable bonds is 6. The van der Waals surface area contributed by atoms with Gasteiger partial charge in [0, 0.05) is 69.3 Å². The lowest BCUT2D eigenvalue weighted by Crippen LogP contribution is -2.45. The van der Waals surface area contributed by atoms with Crippen molar-refractivity contribution in [2.75, 3.05) is 62.7 Å². The summed E-state index contributed by atoms with van der Waals surface area (Å²) in [7, 11) is 2.18. The molecule has 0 radical (unpaired) electrons. The number of hydrogen-bond donors (Lipinski definition) is 2. The summed E-state index contributed by atoms with van der Waals surface area (Å²) in [5.74, 6) is 1.96. The number of piperazine rings is 1. The van der Waals surface area contributed by atoms with E-state index in [1.807, 2.05) is 12.3 Å². The molecule has 0 aliphatic carbocycles. The van der Waals surface area contributed by atoms with E-state index in [1.54, 1.807) is 0 Å². The summed E-state index contributed by atoms with van der Waals surface area (Å²) in [5.41, 5.74) is 2.47. The Hall–Kier alpha value is -2.80. The Balaban J connectivity index is 1.40. The summed E-state index contributed by atoms with van der Waals surface area (Å²) in [6, 6.07) is 15.2. The Bertz CT molecular complexity index is 846. The molecule has 2 aliphatic rings. The summed E-state index contributed by atoms with van der Waals surface area (Å²) in [4.78, 5) is 16.8. The molecule has 2 N–H and O–H groups in total. The van der Waals surface area contributed by atoms with E-state index >= 15 is 0 Å². The van der Waals surface area contributed by atoms with Crippen molar-refractivity contribution in [1.82, 2.24) is 20.5 Å². The van der Waals surface area contributed by atoms with Gasteiger partial charge in [0.05, 0.1) is 6.54 Å². The van der Waals surface area contributed by atoms with E-state index in [4.69, 9.17) is 4.99 Å². The highest BCUT2D eigenvalue weighted by Crippen LogP contribution is 2.21. The van der Waals surface area contributed by atoms with Crippen molar-refractivity contribution in [1.29, 1.82) is 0 Å². The number of likely N-dealkylation sites (N-methyl/N-ethyl adjacent to an activating group) is 1. The van der Waals surface area contributed by atoms with Crippen molar-refractivity contribution >= 4 is 17.5 Å². The van der Waals surface area contributed by atoms with E-state index in [0.29, 0.717) is 12.6 Å². The van der Waals surface area contributed by atoms with Crippen molar-refractivity contribution < 1.29 is 0 Å². The van der Waals surface area contributed by atoms with Gasteiger partial charge in [0.15, 0.2) is 5.96 Å². The molecular weight excluding hydrogens is 386 g/mol. The first-order valence-corrected chi connectivity index (χ1v) is 11.4. The lowest BCUT2D eigenvalue weighted by atomic mass is 10.2. The van der Waals surface area contributed by atoms with Gasteiger partial charge in [-0.25, -0.2) is 9.98 Å². The number of pyridine rings is 1. The standard InChI is InChI=1S/C24H35N7/c1-3-25-24(28-21-11-13-31(19-21)22-9-5-4-6-10-22)27-18-20-8-7-12-26-23(20)30-16-14-29(2)15-17-30/h4-10,12,21H,3,11,13-19H2,1-2H3,(H2,25,27,28). The molecule has 0 amide bonds. The number of benzene rings is 1. The minimum absolute atomic E-state index is 0.393. The summed E-state index contributed by atoms with van der Waals surface area (Å²) < 4.78 is 0. The highest BCUT2D eigenvalue weighted by Gasteiger charge is 2.23. The number of aliphatic imine (C=N–C) groups is 1. The SMILES string of the molecule is CCNC(=NCc1cccnc1N1CCN(C)CC1)NC1CCN(c2ccccc2)C1. The summed E-state index contributed by atoms with van der Waals surface area (Å²) >= 11 is 0. The van der Waals surface area contributed by atoms with Crippen LogP contribution in [0.25, 0.3) is 0 Å². The van der Waals surface area contributed by atoms with Crippen LogP contribution in [-0.2, 0) is 6.54 Å². The van der Waals surface area contributed by atoms with Crippen LogP contribution in [0, 0.1) is 0 Å². The molecule has 0 saturated carbocycles. The molecule has 2 aliphatic heterocycles. The first kappa shape index (κ1) is 21.4. The van der Waals surface area contributed by atoms with E-state index in [-0.39, 0.29) is 0 Å². The van der Waals surface area contributed by atoms with Gasteiger partial charge in [-0.2, -0.15) is 0 Å². The van der Waals surface area contributed by atoms with Gasteiger partial charge in [-0.15, -0.1) is 0 Å². The van der Waals surface area contributed by atoms with E-state index in [1.165, 1.54) is 11.3 Å². The Morgan fingerprint density at radius 1 is 1.03 bits per heavy atom. The van der Waals surface area contributed by atoms with Gasteiger partial charge >= 0.3 is 0 Å². The minimum atomic E-state index is 0.393. The van der Waals surface area contributed by atoms with Crippen molar-refractivity contribution in [3.8, 4) is 0 Å². The summed E-state index contributed by atoms with van der Waals surface area (Å²) in [6.07, 6.45) is 3.00. The quantitative estimate of drug-likeness (QED) is 0.551. The van der Waals surface area contributed by atoms with Gasteiger partial charge in [-0.1, -0.05) is 24.3 Å². The third kappa shape index (κ3) is 5.67. The molecule has 0 bridgehead atoms. The lowest BCUT2D eigenvalue weighted by Gasteiger charge is -2.34. The molecule has 0 spiro atoms. The van der Waals surface area contributed by atoms with Crippen LogP contribution >= 0.6 is 0 Å². The number of para-hydroxylation sites is 1. The van der Waals surface area contributed by atoms with Crippen molar-refractivity contribution in [2.45, 2.75) is 25.9 Å². The number of nitrogens with zero attached hydrogens (tertiary/aromatic N) is 5. The molecule has 2 saturated heterocycles. The Kier molecular flexibility index (Phi) is 7.25. The zero-order valence-corrected chi connectivity index (χ0v) is 18.8. The van der Waals surface area contributed by atoms with Gasteiger partial charge in [-0.3, -0.25) is 0 Å². The first-order valence-electron chi connectivity index (χ1n) is 11.4. The van der Waals surface area contributed by atoms with Gasteiger partial charge < -0.3 is 25.3 Å². The lowest BCUT2D eigenvalue weighted by molar-refractivity contribution is 0.312. The van der Waals surface area contributed by atoms with E-state index < -0.39 is 0 Å². The fourth-order valence-electron chi connectivity index (χ4n) is 4.29. The van der Waals surface area contributed by atoms with Crippen molar-refractivity contribution in [3.63, 3.8) is 0 Å². The van der Waals surface area contributed by atoms with Gasteiger partial charge in [0.2, 0.25) is 0 Å². The molecule has 1 aromatic heterocycles. The average molecular weight is 422 g/mol. The van der Waals surface area contributed by atoms with Crippen LogP contribution in [0.1, 0.15) is 18.9 Å². The van der Waals surface area contributed by atoms with Gasteiger partial charge in [0.25, 0.3) is 0 Å². The first-order chi connectivity index (χ1) is 15.2. The fourth-order valence-corrected chi connectivity index (χ4v) is 4.29. The van der Waals surface area contributed by atoms with Crippen LogP contribution in [0.15, 0.2) is 53.7 Å². The maximum Gasteiger partial charge on any atom is 0.191 e. The Morgan fingerprint density at radius 3 is 2.61 bits per heavy atom. The normalized spacial score (nSPS) is 20.2. The van der Waals surface area contributed by atoms with Crippen molar-refractivity contribution in [2.24, 2.45) is 4.99 Å². The van der Waals surface area contributed by atoms with Crippen LogP contribution in [0.3, 0.4) is 0 Å². The molecule has 166 valence electrons. The van der Waals surface area contributed by atoms with E-state index in [9.17, 15) is 0 Å². The molecular formula is C24H35N7. The van der Waals surface area contributed by atoms with Crippen LogP contribution in [0.2, 0.25) is 0 Å². The van der Waals surface area contributed by atoms with Crippen LogP contribution in [0.5, 0.6) is 0 Å². The van der Waals surface area contributed by atoms with Crippen LogP contribution in [0.4, 0.5) is 11.5 Å². The predicted molar refractivity (Wildman–Crippen MR) is 129 cm³/mol. The summed E-state index contributed by atoms with van der Waals surface area (Å²) in [5, 5.41) is 7.07. The topological polar surface area (TPSA) is 59.0 Å². The van der Waals surface area contributed by atoms with Crippen molar-refractivity contribution in [3.05, 3.63) is 54.2 Å². The molecule has 2 aromatic rings. The molecule has 4 rings (SSSR count). The van der Waals surface area contributed by atoms with Gasteiger partial charge in [0.1, 0.15) is 5.82 Å². The van der Waals surface area contributed by atoms with E-state index in [0.717, 1.165) is 64.0 Å². The Labute approximate surface area is 186 Å². The smallest absolute Gasteiger partial charge is 0.191 e. The third-order valence-corrected chi connectivity index (χ3v) is 6.07. The van der Waals surface area contributed by atoms with Crippen LogP contribution in [-0.4, -0.2) is 74.7 Å². The molecule has 2 fully saturated rings. The van der Waals surface area contributed by atoms with E-state index in [2.05, 4.69) is 80.7 Å². The molecule has 7 nitrogen and oxygen atoms in total. The second-order valence-electron chi connectivity index (χ2n) is 8.38. The molecule has 7 heteroatoms. The van der Waals surface area contributed by atoms with Gasteiger partial charge in [-0.05, 0) is 38.6 Å². The zero-order valence-electron chi connectivity index (χ0n) is 18.8. The number of nitrogens with one attached hydrogen (secondary N) is 2. The average Bonchev–Trinajstić information content (AvgIpc) is 3.28. The fraction of sp³-hybridized carbons (Fsp3) is 0.500. The minimum Gasteiger partial charge on any atom is -0.369 e.